The molecule has 28 heavy (non-hydrogen) atoms. The Hall–Kier alpha value is -1.47. The molecule has 9 heteroatoms. The Morgan fingerprint density at radius 3 is 2.75 bits per heavy atom. The zero-order valence-corrected chi connectivity index (χ0v) is 19.1. The summed E-state index contributed by atoms with van der Waals surface area (Å²) in [6.45, 7) is 2.31. The van der Waals surface area contributed by atoms with Crippen LogP contribution in [0.15, 0.2) is 50.2 Å². The van der Waals surface area contributed by atoms with Crippen LogP contribution >= 0.6 is 31.9 Å². The van der Waals surface area contributed by atoms with Crippen molar-refractivity contribution in [3.63, 3.8) is 0 Å². The summed E-state index contributed by atoms with van der Waals surface area (Å²) in [6.07, 6.45) is 2.57. The van der Waals surface area contributed by atoms with Crippen LogP contribution < -0.4 is 0 Å². The quantitative estimate of drug-likeness (QED) is 0.537. The summed E-state index contributed by atoms with van der Waals surface area (Å²) < 4.78 is 44.1. The maximum Gasteiger partial charge on any atom is 0.244 e. The second-order valence-corrected chi connectivity index (χ2v) is 10.3. The molecule has 148 valence electrons. The van der Waals surface area contributed by atoms with Gasteiger partial charge < -0.3 is 4.90 Å². The number of halogens is 3. The summed E-state index contributed by atoms with van der Waals surface area (Å²) in [6, 6.07) is 9.45. The lowest BCUT2D eigenvalue weighted by atomic mass is 10.1. The summed E-state index contributed by atoms with van der Waals surface area (Å²) >= 11 is 6.63. The molecule has 2 aromatic carbocycles. The third-order valence-corrected chi connectivity index (χ3v) is 8.18. The maximum atomic E-state index is 14.6. The van der Waals surface area contributed by atoms with E-state index in [2.05, 4.69) is 38.1 Å². The molecule has 1 heterocycles. The van der Waals surface area contributed by atoms with E-state index in [0.29, 0.717) is 33.0 Å². The van der Waals surface area contributed by atoms with Crippen LogP contribution in [0.3, 0.4) is 0 Å². The monoisotopic (exact) mass is 529 g/mol. The fourth-order valence-corrected chi connectivity index (χ4v) is 6.37. The zero-order chi connectivity index (χ0) is 20.5. The van der Waals surface area contributed by atoms with Crippen LogP contribution in [0.1, 0.15) is 17.5 Å². The molecule has 0 aliphatic carbocycles. The standard InChI is InChI=1S/C19H18Br2FN3O2S/c1-13-3-2-4-14(19(13)22)10-25(16-7-8-24(11-16)12-23)28(26,27)18-9-15(20)5-6-17(18)21/h2-6,9,16H,7-8,10-11H2,1H3/t16-/m1/s1. The summed E-state index contributed by atoms with van der Waals surface area (Å²) in [4.78, 5) is 1.63. The Labute approximate surface area is 181 Å². The second kappa shape index (κ2) is 8.49. The second-order valence-electron chi connectivity index (χ2n) is 6.66. The molecule has 1 atom stereocenters. The fourth-order valence-electron chi connectivity index (χ4n) is 3.28. The molecule has 1 aliphatic heterocycles. The molecule has 0 saturated carbocycles. The van der Waals surface area contributed by atoms with Gasteiger partial charge in [0.1, 0.15) is 5.82 Å². The molecular formula is C19H18Br2FN3O2S. The van der Waals surface area contributed by atoms with Gasteiger partial charge in [0.25, 0.3) is 0 Å². The minimum absolute atomic E-state index is 0.0985. The highest BCUT2D eigenvalue weighted by Gasteiger charge is 2.37. The van der Waals surface area contributed by atoms with Crippen molar-refractivity contribution in [1.82, 2.24) is 9.21 Å². The SMILES string of the molecule is Cc1cccc(CN([C@@H]2CCN(C#N)C2)S(=O)(=O)c2cc(Br)ccc2Br)c1F. The van der Waals surface area contributed by atoms with E-state index in [1.165, 1.54) is 15.3 Å². The molecular weight excluding hydrogens is 513 g/mol. The first kappa shape index (κ1) is 21.2. The van der Waals surface area contributed by atoms with Gasteiger partial charge >= 0.3 is 0 Å². The van der Waals surface area contributed by atoms with E-state index in [0.717, 1.165) is 0 Å². The smallest absolute Gasteiger partial charge is 0.244 e. The highest BCUT2D eigenvalue weighted by molar-refractivity contribution is 9.11. The van der Waals surface area contributed by atoms with Crippen molar-refractivity contribution in [2.24, 2.45) is 0 Å². The van der Waals surface area contributed by atoms with Crippen molar-refractivity contribution in [2.75, 3.05) is 13.1 Å². The lowest BCUT2D eigenvalue weighted by molar-refractivity contribution is 0.310. The van der Waals surface area contributed by atoms with Crippen LogP contribution in [0.4, 0.5) is 4.39 Å². The number of hydrogen-bond donors (Lipinski definition) is 0. The van der Waals surface area contributed by atoms with Crippen LogP contribution in [0.2, 0.25) is 0 Å². The lowest BCUT2D eigenvalue weighted by Crippen LogP contribution is -2.41. The van der Waals surface area contributed by atoms with Crippen molar-refractivity contribution in [3.05, 3.63) is 62.3 Å². The molecule has 3 rings (SSSR count). The number of rotatable bonds is 5. The minimum atomic E-state index is -3.94. The predicted octanol–water partition coefficient (Wildman–Crippen LogP) is 4.41. The molecule has 0 N–H and O–H groups in total. The highest BCUT2D eigenvalue weighted by atomic mass is 79.9. The van der Waals surface area contributed by atoms with Crippen LogP contribution in [-0.4, -0.2) is 36.8 Å². The van der Waals surface area contributed by atoms with E-state index in [4.69, 9.17) is 0 Å². The Morgan fingerprint density at radius 2 is 2.07 bits per heavy atom. The number of aryl methyl sites for hydroxylation is 1. The van der Waals surface area contributed by atoms with E-state index < -0.39 is 21.9 Å². The minimum Gasteiger partial charge on any atom is -0.309 e. The largest absolute Gasteiger partial charge is 0.309 e. The van der Waals surface area contributed by atoms with E-state index in [1.54, 1.807) is 37.3 Å². The topological polar surface area (TPSA) is 64.4 Å². The summed E-state index contributed by atoms with van der Waals surface area (Å²) in [5.41, 5.74) is 0.772. The van der Waals surface area contributed by atoms with Gasteiger partial charge in [0, 0.05) is 40.2 Å². The Kier molecular flexibility index (Phi) is 6.44. The van der Waals surface area contributed by atoms with Crippen molar-refractivity contribution >= 4 is 41.9 Å². The van der Waals surface area contributed by atoms with Gasteiger partial charge in [-0.3, -0.25) is 0 Å². The Bertz CT molecular complexity index is 1040. The third kappa shape index (κ3) is 4.25. The van der Waals surface area contributed by atoms with Crippen LogP contribution in [0.25, 0.3) is 0 Å². The molecule has 0 bridgehead atoms. The summed E-state index contributed by atoms with van der Waals surface area (Å²) in [7, 11) is -3.94. The lowest BCUT2D eigenvalue weighted by Gasteiger charge is -2.28. The van der Waals surface area contributed by atoms with Crippen LogP contribution in [0.5, 0.6) is 0 Å². The zero-order valence-electron chi connectivity index (χ0n) is 15.1. The van der Waals surface area contributed by atoms with Crippen molar-refractivity contribution in [3.8, 4) is 6.19 Å². The number of hydrogen-bond acceptors (Lipinski definition) is 4. The summed E-state index contributed by atoms with van der Waals surface area (Å²) in [5, 5.41) is 9.17. The average Bonchev–Trinajstić information content (AvgIpc) is 3.13. The van der Waals surface area contributed by atoms with Crippen molar-refractivity contribution < 1.29 is 12.8 Å². The first-order valence-electron chi connectivity index (χ1n) is 8.59. The normalized spacial score (nSPS) is 17.1. The van der Waals surface area contributed by atoms with E-state index in [1.807, 2.05) is 0 Å². The highest BCUT2D eigenvalue weighted by Crippen LogP contribution is 2.32. The Balaban J connectivity index is 2.07. The predicted molar refractivity (Wildman–Crippen MR) is 111 cm³/mol. The van der Waals surface area contributed by atoms with Crippen LogP contribution in [-0.2, 0) is 16.6 Å². The molecule has 0 aromatic heterocycles. The van der Waals surface area contributed by atoms with Crippen LogP contribution in [0, 0.1) is 24.2 Å². The maximum absolute atomic E-state index is 14.6. The fraction of sp³-hybridized carbons (Fsp3) is 0.316. The molecule has 5 nitrogen and oxygen atoms in total. The number of sulfonamides is 1. The number of nitriles is 1. The van der Waals surface area contributed by atoms with Gasteiger partial charge in [-0.1, -0.05) is 34.1 Å². The first-order valence-corrected chi connectivity index (χ1v) is 11.6. The molecule has 0 radical (unpaired) electrons. The molecule has 1 aliphatic rings. The Morgan fingerprint density at radius 1 is 1.32 bits per heavy atom. The molecule has 1 saturated heterocycles. The average molecular weight is 531 g/mol. The molecule has 0 unspecified atom stereocenters. The summed E-state index contributed by atoms with van der Waals surface area (Å²) in [5.74, 6) is -0.411. The molecule has 2 aromatic rings. The number of benzene rings is 2. The third-order valence-electron chi connectivity index (χ3n) is 4.79. The molecule has 0 spiro atoms. The van der Waals surface area contributed by atoms with E-state index >= 15 is 0 Å². The van der Waals surface area contributed by atoms with Gasteiger partial charge in [-0.05, 0) is 53.0 Å². The van der Waals surface area contributed by atoms with Gasteiger partial charge in [-0.15, -0.1) is 0 Å². The van der Waals surface area contributed by atoms with Gasteiger partial charge in [0.05, 0.1) is 4.90 Å². The van der Waals surface area contributed by atoms with E-state index in [9.17, 15) is 18.1 Å². The van der Waals surface area contributed by atoms with Gasteiger partial charge in [0.15, 0.2) is 6.19 Å². The first-order chi connectivity index (χ1) is 13.2. The molecule has 1 fully saturated rings. The number of likely N-dealkylation sites (tertiary alicyclic amines) is 1. The van der Waals surface area contributed by atoms with Crippen molar-refractivity contribution in [1.29, 1.82) is 5.26 Å². The molecule has 0 amide bonds. The van der Waals surface area contributed by atoms with Gasteiger partial charge in [-0.25, -0.2) is 12.8 Å². The number of nitrogens with zero attached hydrogens (tertiary/aromatic N) is 3. The van der Waals surface area contributed by atoms with Gasteiger partial charge in [-0.2, -0.15) is 9.57 Å². The van der Waals surface area contributed by atoms with Crippen molar-refractivity contribution in [2.45, 2.75) is 30.8 Å². The van der Waals surface area contributed by atoms with E-state index in [-0.39, 0.29) is 18.0 Å². The van der Waals surface area contributed by atoms with Gasteiger partial charge in [0.2, 0.25) is 10.0 Å².